The Labute approximate surface area is 123 Å². The largest absolute Gasteiger partial charge is 0.416 e. The van der Waals surface area contributed by atoms with Gasteiger partial charge in [0.2, 0.25) is 0 Å². The molecule has 21 heavy (non-hydrogen) atoms. The van der Waals surface area contributed by atoms with E-state index in [-0.39, 0.29) is 0 Å². The number of hydrogen-bond acceptors (Lipinski definition) is 0. The molecule has 0 aliphatic heterocycles. The van der Waals surface area contributed by atoms with E-state index in [4.69, 9.17) is 0 Å². The van der Waals surface area contributed by atoms with Gasteiger partial charge in [0.05, 0.1) is 5.56 Å². The van der Waals surface area contributed by atoms with Crippen molar-refractivity contribution in [2.45, 2.75) is 33.4 Å². The quantitative estimate of drug-likeness (QED) is 0.655. The van der Waals surface area contributed by atoms with Crippen LogP contribution in [0.3, 0.4) is 0 Å². The third kappa shape index (κ3) is 3.46. The smallest absolute Gasteiger partial charge is 0.166 e. The van der Waals surface area contributed by atoms with E-state index in [1.54, 1.807) is 6.07 Å². The molecule has 0 aliphatic carbocycles. The molecule has 0 aromatic heterocycles. The molecular weight excluding hydrogens is 273 g/mol. The maximum absolute atomic E-state index is 12.8. The van der Waals surface area contributed by atoms with Gasteiger partial charge < -0.3 is 0 Å². The Morgan fingerprint density at radius 3 is 2.24 bits per heavy atom. The molecule has 0 nitrogen and oxygen atoms in total. The lowest BCUT2D eigenvalue weighted by atomic mass is 9.93. The zero-order valence-corrected chi connectivity index (χ0v) is 12.4. The van der Waals surface area contributed by atoms with Crippen LogP contribution in [0.1, 0.15) is 35.6 Å². The minimum absolute atomic E-state index is 0.602. The second-order valence-corrected chi connectivity index (χ2v) is 5.21. The number of alkyl halides is 3. The molecule has 2 rings (SSSR count). The van der Waals surface area contributed by atoms with Gasteiger partial charge in [0.15, 0.2) is 0 Å². The molecule has 0 spiro atoms. The second-order valence-electron chi connectivity index (χ2n) is 5.21. The first kappa shape index (κ1) is 15.6. The molecule has 0 amide bonds. The zero-order valence-electron chi connectivity index (χ0n) is 12.4. The van der Waals surface area contributed by atoms with E-state index in [2.05, 4.69) is 0 Å². The van der Waals surface area contributed by atoms with Crippen molar-refractivity contribution in [3.8, 4) is 11.1 Å². The fourth-order valence-electron chi connectivity index (χ4n) is 2.30. The molecule has 0 saturated heterocycles. The van der Waals surface area contributed by atoms with Gasteiger partial charge in [0.1, 0.15) is 0 Å². The van der Waals surface area contributed by atoms with Crippen LogP contribution >= 0.6 is 0 Å². The van der Waals surface area contributed by atoms with Crippen LogP contribution in [0.15, 0.2) is 36.4 Å². The lowest BCUT2D eigenvalue weighted by molar-refractivity contribution is -0.137. The van der Waals surface area contributed by atoms with Crippen molar-refractivity contribution in [2.24, 2.45) is 0 Å². The van der Waals surface area contributed by atoms with Crippen molar-refractivity contribution >= 4 is 0 Å². The number of aryl methyl sites for hydroxylation is 2. The summed E-state index contributed by atoms with van der Waals surface area (Å²) in [6.07, 6.45) is -1.78. The van der Waals surface area contributed by atoms with Gasteiger partial charge in [-0.3, -0.25) is 0 Å². The van der Waals surface area contributed by atoms with Gasteiger partial charge in [0.25, 0.3) is 0 Å². The molecule has 3 heteroatoms. The highest BCUT2D eigenvalue weighted by Crippen LogP contribution is 2.34. The van der Waals surface area contributed by atoms with Gasteiger partial charge in [-0.1, -0.05) is 31.2 Å². The summed E-state index contributed by atoms with van der Waals surface area (Å²) in [5.74, 6) is 0. The fourth-order valence-corrected chi connectivity index (χ4v) is 2.30. The van der Waals surface area contributed by atoms with Gasteiger partial charge in [-0.05, 0) is 66.6 Å². The second kappa shape index (κ2) is 5.92. The Hall–Kier alpha value is -1.77. The molecule has 0 N–H and O–H groups in total. The molecule has 0 aliphatic rings. The zero-order chi connectivity index (χ0) is 15.6. The molecule has 2 aromatic rings. The number of halogens is 3. The fraction of sp³-hybridized carbons (Fsp3) is 0.278. The molecule has 111 valence electrons. The lowest BCUT2D eigenvalue weighted by Gasteiger charge is -2.14. The van der Waals surface area contributed by atoms with Crippen molar-refractivity contribution in [3.05, 3.63) is 65.1 Å². The monoisotopic (exact) mass is 291 g/mol. The molecule has 0 atom stereocenters. The summed E-state index contributed by atoms with van der Waals surface area (Å²) in [5.41, 5.74) is 4.13. The first-order valence-electron chi connectivity index (χ1n) is 6.95. The van der Waals surface area contributed by atoms with Crippen LogP contribution in [0.25, 0.3) is 11.1 Å². The number of hydrogen-bond donors (Lipinski definition) is 0. The first-order chi connectivity index (χ1) is 9.82. The van der Waals surface area contributed by atoms with Gasteiger partial charge in [-0.15, -0.1) is 0 Å². The normalized spacial score (nSPS) is 11.7. The maximum atomic E-state index is 12.8. The predicted molar refractivity (Wildman–Crippen MR) is 80.0 cm³/mol. The van der Waals surface area contributed by atoms with Gasteiger partial charge in [0, 0.05) is 0 Å². The van der Waals surface area contributed by atoms with Crippen molar-refractivity contribution in [1.29, 1.82) is 0 Å². The topological polar surface area (TPSA) is 0 Å². The Morgan fingerprint density at radius 1 is 0.952 bits per heavy atom. The Balaban J connectivity index is 2.54. The number of benzene rings is 2. The lowest BCUT2D eigenvalue weighted by Crippen LogP contribution is -2.05. The maximum Gasteiger partial charge on any atom is 0.416 e. The standard InChI is InChI=1S/C18H18F3/c1-4-5-14-11-16(18(19,20)21)8-9-17(14)15-7-6-12(2)13(3)10-15/h5-11H,4H2,1-3H3. The third-order valence-corrected chi connectivity index (χ3v) is 3.62. The Morgan fingerprint density at radius 2 is 1.67 bits per heavy atom. The summed E-state index contributed by atoms with van der Waals surface area (Å²) in [5, 5.41) is 0. The third-order valence-electron chi connectivity index (χ3n) is 3.62. The molecule has 0 fully saturated rings. The highest BCUT2D eigenvalue weighted by molar-refractivity contribution is 5.70. The molecule has 1 radical (unpaired) electrons. The average molecular weight is 291 g/mol. The van der Waals surface area contributed by atoms with E-state index in [0.717, 1.165) is 22.8 Å². The molecule has 0 unspecified atom stereocenters. The molecule has 0 saturated carbocycles. The minimum atomic E-state index is -4.31. The summed E-state index contributed by atoms with van der Waals surface area (Å²) in [7, 11) is 0. The summed E-state index contributed by atoms with van der Waals surface area (Å²) in [4.78, 5) is 0. The summed E-state index contributed by atoms with van der Waals surface area (Å²) >= 11 is 0. The van der Waals surface area contributed by atoms with Crippen LogP contribution in [0, 0.1) is 20.3 Å². The minimum Gasteiger partial charge on any atom is -0.166 e. The van der Waals surface area contributed by atoms with Crippen LogP contribution < -0.4 is 0 Å². The van der Waals surface area contributed by atoms with E-state index >= 15 is 0 Å². The van der Waals surface area contributed by atoms with Crippen molar-refractivity contribution < 1.29 is 13.2 Å². The number of rotatable bonds is 3. The van der Waals surface area contributed by atoms with E-state index < -0.39 is 11.7 Å². The average Bonchev–Trinajstić information content (AvgIpc) is 2.41. The SMILES string of the molecule is CC[CH]c1cc(C(F)(F)F)ccc1-c1ccc(C)c(C)c1. The highest BCUT2D eigenvalue weighted by atomic mass is 19.4. The molecular formula is C18H18F3. The van der Waals surface area contributed by atoms with E-state index in [0.29, 0.717) is 12.0 Å². The van der Waals surface area contributed by atoms with Gasteiger partial charge >= 0.3 is 6.18 Å². The van der Waals surface area contributed by atoms with Crippen LogP contribution in [-0.4, -0.2) is 0 Å². The van der Waals surface area contributed by atoms with Gasteiger partial charge in [-0.2, -0.15) is 13.2 Å². The van der Waals surface area contributed by atoms with Crippen molar-refractivity contribution in [1.82, 2.24) is 0 Å². The van der Waals surface area contributed by atoms with Crippen LogP contribution in [0.5, 0.6) is 0 Å². The first-order valence-corrected chi connectivity index (χ1v) is 6.95. The van der Waals surface area contributed by atoms with E-state index in [1.807, 2.05) is 45.4 Å². The van der Waals surface area contributed by atoms with Gasteiger partial charge in [-0.25, -0.2) is 0 Å². The van der Waals surface area contributed by atoms with Crippen LogP contribution in [0.4, 0.5) is 13.2 Å². The Kier molecular flexibility index (Phi) is 4.40. The summed E-state index contributed by atoms with van der Waals surface area (Å²) in [6.45, 7) is 5.95. The van der Waals surface area contributed by atoms with Crippen molar-refractivity contribution in [3.63, 3.8) is 0 Å². The molecule has 0 heterocycles. The van der Waals surface area contributed by atoms with E-state index in [1.165, 1.54) is 11.6 Å². The van der Waals surface area contributed by atoms with E-state index in [9.17, 15) is 13.2 Å². The van der Waals surface area contributed by atoms with Crippen LogP contribution in [0.2, 0.25) is 0 Å². The molecule has 0 bridgehead atoms. The Bertz CT molecular complexity index is 639. The summed E-state index contributed by atoms with van der Waals surface area (Å²) < 4.78 is 38.5. The highest BCUT2D eigenvalue weighted by Gasteiger charge is 2.30. The molecule has 2 aromatic carbocycles. The predicted octanol–water partition coefficient (Wildman–Crippen LogP) is 5.95. The van der Waals surface area contributed by atoms with Crippen LogP contribution in [-0.2, 0) is 6.18 Å². The summed E-state index contributed by atoms with van der Waals surface area (Å²) in [6, 6.07) is 9.92. The van der Waals surface area contributed by atoms with Crippen molar-refractivity contribution in [2.75, 3.05) is 0 Å².